The zero-order chi connectivity index (χ0) is 26.9. The van der Waals surface area contributed by atoms with Crippen LogP contribution in [0.4, 0.5) is 0 Å². The van der Waals surface area contributed by atoms with E-state index in [9.17, 15) is 13.7 Å². The summed E-state index contributed by atoms with van der Waals surface area (Å²) < 4.78 is 26.8. The Kier molecular flexibility index (Phi) is 8.44. The zero-order valence-electron chi connectivity index (χ0n) is 23.6. The summed E-state index contributed by atoms with van der Waals surface area (Å²) in [5.74, 6) is 0. The lowest BCUT2D eigenvalue weighted by atomic mass is 9.74. The van der Waals surface area contributed by atoms with E-state index in [-0.39, 0.29) is 31.7 Å². The summed E-state index contributed by atoms with van der Waals surface area (Å²) in [5.41, 5.74) is 1.69. The fourth-order valence-electron chi connectivity index (χ4n) is 6.53. The number of rotatable bonds is 7. The molecule has 0 aromatic heterocycles. The third-order valence-electron chi connectivity index (χ3n) is 6.36. The van der Waals surface area contributed by atoms with Gasteiger partial charge in [0.1, 0.15) is 6.07 Å². The lowest BCUT2D eigenvalue weighted by Gasteiger charge is -2.55. The summed E-state index contributed by atoms with van der Waals surface area (Å²) in [6.45, 7) is 22.8. The Balaban J connectivity index is 2.72. The Bertz CT molecular complexity index is 1080. The molecule has 1 aliphatic carbocycles. The largest absolute Gasteiger partial charge is 0.365 e. The van der Waals surface area contributed by atoms with Crippen molar-refractivity contribution in [3.05, 3.63) is 52.6 Å². The molecule has 0 atom stereocenters. The second-order valence-electron chi connectivity index (χ2n) is 13.7. The molecular weight excluding hydrogens is 452 g/mol. The molecule has 1 aromatic rings. The Morgan fingerprint density at radius 2 is 1.34 bits per heavy atom. The van der Waals surface area contributed by atoms with Gasteiger partial charge in [-0.2, -0.15) is 5.26 Å². The van der Waals surface area contributed by atoms with Crippen LogP contribution in [0.1, 0.15) is 101 Å². The Labute approximate surface area is 215 Å². The molecule has 35 heavy (non-hydrogen) atoms. The van der Waals surface area contributed by atoms with Gasteiger partial charge in [0.05, 0.1) is 4.90 Å². The van der Waals surface area contributed by atoms with E-state index < -0.39 is 9.84 Å². The van der Waals surface area contributed by atoms with E-state index in [0.29, 0.717) is 12.0 Å². The molecule has 0 spiro atoms. The molecule has 0 fully saturated rings. The molecule has 0 amide bonds. The van der Waals surface area contributed by atoms with Crippen LogP contribution in [-0.4, -0.2) is 24.4 Å². The maximum absolute atomic E-state index is 13.4. The van der Waals surface area contributed by atoms with Crippen molar-refractivity contribution in [3.8, 4) is 6.07 Å². The molecule has 0 N–H and O–H groups in total. The average Bonchev–Trinajstić information content (AvgIpc) is 2.65. The maximum Gasteiger partial charge on any atom is 0.216 e. The molecule has 0 heterocycles. The molecule has 0 unspecified atom stereocenters. The normalized spacial score (nSPS) is 17.5. The lowest BCUT2D eigenvalue weighted by molar-refractivity contribution is 0.00101. The number of nitriles is 1. The smallest absolute Gasteiger partial charge is 0.216 e. The number of sulfone groups is 1. The Morgan fingerprint density at radius 3 is 1.77 bits per heavy atom. The quantitative estimate of drug-likeness (QED) is 0.357. The standard InChI is InChI=1S/C30H46N2O2S/c1-27(2,3)21-29(7,8)32(30(9,10)22-28(4,5)6)24-16-14-15-23(19-24)26(20-31)35(33,34)25-17-12-11-13-18-25/h11-13,17-19H,14-16,21-22H2,1-10H3. The first-order valence-corrected chi connectivity index (χ1v) is 14.2. The van der Waals surface area contributed by atoms with Crippen molar-refractivity contribution >= 4 is 9.84 Å². The van der Waals surface area contributed by atoms with Gasteiger partial charge in [0.2, 0.25) is 9.84 Å². The van der Waals surface area contributed by atoms with Gasteiger partial charge in [-0.3, -0.25) is 0 Å². The van der Waals surface area contributed by atoms with E-state index in [0.717, 1.165) is 31.4 Å². The van der Waals surface area contributed by atoms with E-state index in [1.807, 2.05) is 6.08 Å². The van der Waals surface area contributed by atoms with E-state index in [1.54, 1.807) is 30.3 Å². The number of benzene rings is 1. The number of allylic oxidation sites excluding steroid dienone is 4. The van der Waals surface area contributed by atoms with E-state index in [2.05, 4.69) is 80.2 Å². The molecule has 0 saturated heterocycles. The van der Waals surface area contributed by atoms with Crippen LogP contribution in [0.25, 0.3) is 0 Å². The molecule has 0 bridgehead atoms. The van der Waals surface area contributed by atoms with Gasteiger partial charge in [-0.15, -0.1) is 0 Å². The van der Waals surface area contributed by atoms with Crippen LogP contribution in [0.15, 0.2) is 57.5 Å². The summed E-state index contributed by atoms with van der Waals surface area (Å²) in [4.78, 5) is 2.59. The summed E-state index contributed by atoms with van der Waals surface area (Å²) in [5, 5.41) is 10.00. The van der Waals surface area contributed by atoms with Crippen LogP contribution in [0.3, 0.4) is 0 Å². The number of hydrogen-bond acceptors (Lipinski definition) is 4. The molecule has 194 valence electrons. The monoisotopic (exact) mass is 498 g/mol. The highest BCUT2D eigenvalue weighted by Crippen LogP contribution is 2.45. The second kappa shape index (κ2) is 10.1. The first-order chi connectivity index (χ1) is 15.8. The zero-order valence-corrected chi connectivity index (χ0v) is 24.4. The summed E-state index contributed by atoms with van der Waals surface area (Å²) in [7, 11) is -3.87. The van der Waals surface area contributed by atoms with Crippen molar-refractivity contribution in [2.24, 2.45) is 10.8 Å². The Hall–Kier alpha value is -2.06. The van der Waals surface area contributed by atoms with Crippen LogP contribution in [0, 0.1) is 22.2 Å². The van der Waals surface area contributed by atoms with Crippen molar-refractivity contribution in [1.29, 1.82) is 5.26 Å². The highest BCUT2D eigenvalue weighted by atomic mass is 32.2. The summed E-state index contributed by atoms with van der Waals surface area (Å²) >= 11 is 0. The maximum atomic E-state index is 13.4. The van der Waals surface area contributed by atoms with E-state index in [4.69, 9.17) is 0 Å². The predicted octanol–water partition coefficient (Wildman–Crippen LogP) is 8.04. The summed E-state index contributed by atoms with van der Waals surface area (Å²) in [6.07, 6.45) is 6.26. The van der Waals surface area contributed by atoms with Crippen LogP contribution in [0.2, 0.25) is 0 Å². The molecule has 2 rings (SSSR count). The van der Waals surface area contributed by atoms with Gasteiger partial charge >= 0.3 is 0 Å². The van der Waals surface area contributed by atoms with Gasteiger partial charge in [0.15, 0.2) is 4.91 Å². The second-order valence-corrected chi connectivity index (χ2v) is 15.6. The van der Waals surface area contributed by atoms with Gasteiger partial charge in [0, 0.05) is 16.8 Å². The highest BCUT2D eigenvalue weighted by Gasteiger charge is 2.43. The van der Waals surface area contributed by atoms with Gasteiger partial charge in [-0.05, 0) is 94.4 Å². The molecular formula is C30H46N2O2S. The topological polar surface area (TPSA) is 61.2 Å². The van der Waals surface area contributed by atoms with Crippen LogP contribution in [0.5, 0.6) is 0 Å². The van der Waals surface area contributed by atoms with Crippen molar-refractivity contribution in [2.75, 3.05) is 0 Å². The molecule has 0 saturated carbocycles. The third kappa shape index (κ3) is 7.46. The summed E-state index contributed by atoms with van der Waals surface area (Å²) in [6, 6.07) is 10.3. The fraction of sp³-hybridized carbons (Fsp3) is 0.633. The first-order valence-electron chi connectivity index (χ1n) is 12.7. The Morgan fingerprint density at radius 1 is 0.857 bits per heavy atom. The van der Waals surface area contributed by atoms with Crippen molar-refractivity contribution in [2.45, 2.75) is 117 Å². The molecule has 5 heteroatoms. The van der Waals surface area contributed by atoms with Gasteiger partial charge in [0.25, 0.3) is 0 Å². The van der Waals surface area contributed by atoms with E-state index in [1.165, 1.54) is 0 Å². The molecule has 4 nitrogen and oxygen atoms in total. The number of nitrogens with zero attached hydrogens (tertiary/aromatic N) is 2. The van der Waals surface area contributed by atoms with Crippen LogP contribution < -0.4 is 0 Å². The van der Waals surface area contributed by atoms with Crippen LogP contribution in [-0.2, 0) is 9.84 Å². The predicted molar refractivity (Wildman–Crippen MR) is 146 cm³/mol. The van der Waals surface area contributed by atoms with Crippen molar-refractivity contribution in [3.63, 3.8) is 0 Å². The molecule has 0 aliphatic heterocycles. The van der Waals surface area contributed by atoms with Crippen molar-refractivity contribution in [1.82, 2.24) is 4.90 Å². The number of hydrogen-bond donors (Lipinski definition) is 0. The third-order valence-corrected chi connectivity index (χ3v) is 8.14. The SMILES string of the molecule is CC(C)(C)CC(C)(C)N(C1=CC(=C(C#N)S(=O)(=O)c2ccccc2)CCC1)C(C)(C)CC(C)(C)C. The minimum atomic E-state index is -3.87. The highest BCUT2D eigenvalue weighted by molar-refractivity contribution is 7.95. The molecule has 0 radical (unpaired) electrons. The lowest BCUT2D eigenvalue weighted by Crippen LogP contribution is -2.57. The first kappa shape index (κ1) is 29.2. The van der Waals surface area contributed by atoms with Gasteiger partial charge in [-0.1, -0.05) is 59.7 Å². The van der Waals surface area contributed by atoms with E-state index >= 15 is 0 Å². The van der Waals surface area contributed by atoms with Gasteiger partial charge < -0.3 is 4.90 Å². The average molecular weight is 499 g/mol. The van der Waals surface area contributed by atoms with Crippen molar-refractivity contribution < 1.29 is 8.42 Å². The van der Waals surface area contributed by atoms with Crippen LogP contribution >= 0.6 is 0 Å². The van der Waals surface area contributed by atoms with Gasteiger partial charge in [-0.25, -0.2) is 8.42 Å². The molecule has 1 aromatic carbocycles. The molecule has 1 aliphatic rings. The fourth-order valence-corrected chi connectivity index (χ4v) is 7.91. The minimum absolute atomic E-state index is 0.122. The minimum Gasteiger partial charge on any atom is -0.365 e.